The zero-order valence-electron chi connectivity index (χ0n) is 27.6. The van der Waals surface area contributed by atoms with Crippen LogP contribution in [0.1, 0.15) is 44.1 Å². The van der Waals surface area contributed by atoms with Crippen LogP contribution < -0.4 is 24.8 Å². The molecule has 1 saturated heterocycles. The molecule has 0 spiro atoms. The number of piperidine rings is 1. The fourth-order valence-electron chi connectivity index (χ4n) is 6.26. The molecule has 254 valence electrons. The Morgan fingerprint density at radius 1 is 1.10 bits per heavy atom. The summed E-state index contributed by atoms with van der Waals surface area (Å²) in [6, 6.07) is 15.8. The Labute approximate surface area is 283 Å². The number of aromatic nitrogens is 2. The lowest BCUT2D eigenvalue weighted by molar-refractivity contribution is -0.123. The highest BCUT2D eigenvalue weighted by molar-refractivity contribution is 5.97. The van der Waals surface area contributed by atoms with Crippen molar-refractivity contribution in [3.05, 3.63) is 107 Å². The topological polar surface area (TPSA) is 124 Å². The third-order valence-electron chi connectivity index (χ3n) is 8.82. The van der Waals surface area contributed by atoms with Gasteiger partial charge in [-0.2, -0.15) is 5.10 Å². The van der Waals surface area contributed by atoms with Crippen LogP contribution in [0.5, 0.6) is 17.2 Å². The highest BCUT2D eigenvalue weighted by atomic mass is 19.1. The van der Waals surface area contributed by atoms with E-state index in [1.807, 2.05) is 6.92 Å². The number of nitrogens with one attached hydrogen (secondary N) is 2. The van der Waals surface area contributed by atoms with Crippen molar-refractivity contribution in [1.82, 2.24) is 25.3 Å². The van der Waals surface area contributed by atoms with Crippen LogP contribution in [0, 0.1) is 19.7 Å². The molecule has 6 bridgehead atoms. The zero-order valence-corrected chi connectivity index (χ0v) is 27.6. The van der Waals surface area contributed by atoms with Crippen LogP contribution in [0.4, 0.5) is 4.39 Å². The Morgan fingerprint density at radius 2 is 1.92 bits per heavy atom. The second-order valence-corrected chi connectivity index (χ2v) is 12.1. The third kappa shape index (κ3) is 7.13. The lowest BCUT2D eigenvalue weighted by atomic mass is 9.98. The van der Waals surface area contributed by atoms with Gasteiger partial charge in [-0.15, -0.1) is 6.58 Å². The first kappa shape index (κ1) is 33.3. The van der Waals surface area contributed by atoms with Crippen molar-refractivity contribution < 1.29 is 33.0 Å². The van der Waals surface area contributed by atoms with Crippen molar-refractivity contribution >= 4 is 17.7 Å². The normalized spacial score (nSPS) is 17.9. The van der Waals surface area contributed by atoms with Crippen molar-refractivity contribution in [3.8, 4) is 28.4 Å². The molecular weight excluding hydrogens is 629 g/mol. The fourth-order valence-corrected chi connectivity index (χ4v) is 6.26. The summed E-state index contributed by atoms with van der Waals surface area (Å²) in [5.74, 6) is -0.488. The molecule has 3 aliphatic rings. The molecule has 4 heterocycles. The molecule has 12 heteroatoms. The number of hydrogen-bond acceptors (Lipinski definition) is 7. The average molecular weight is 668 g/mol. The van der Waals surface area contributed by atoms with E-state index in [2.05, 4.69) is 22.3 Å². The zero-order chi connectivity index (χ0) is 34.7. The van der Waals surface area contributed by atoms with Gasteiger partial charge < -0.3 is 29.7 Å². The molecule has 0 radical (unpaired) electrons. The number of rotatable bonds is 4. The van der Waals surface area contributed by atoms with Crippen molar-refractivity contribution in [2.75, 3.05) is 26.8 Å². The van der Waals surface area contributed by atoms with Gasteiger partial charge in [0.25, 0.3) is 17.7 Å². The van der Waals surface area contributed by atoms with Crippen LogP contribution in [0.25, 0.3) is 11.1 Å². The van der Waals surface area contributed by atoms with Gasteiger partial charge in [-0.25, -0.2) is 4.39 Å². The number of benzene rings is 3. The summed E-state index contributed by atoms with van der Waals surface area (Å²) in [6.07, 6.45) is 1.53. The minimum atomic E-state index is -0.704. The first-order valence-corrected chi connectivity index (χ1v) is 16.0. The molecule has 2 atom stereocenters. The minimum absolute atomic E-state index is 0.114. The van der Waals surface area contributed by atoms with Gasteiger partial charge in [0.1, 0.15) is 29.2 Å². The van der Waals surface area contributed by atoms with Crippen molar-refractivity contribution in [2.24, 2.45) is 0 Å². The van der Waals surface area contributed by atoms with E-state index in [0.717, 1.165) is 11.3 Å². The fraction of sp³-hybridized carbons (Fsp3) is 0.297. The molecule has 2 N–H and O–H groups in total. The molecular formula is C37H38FN5O6. The summed E-state index contributed by atoms with van der Waals surface area (Å²) in [6.45, 7) is 8.32. The predicted molar refractivity (Wildman–Crippen MR) is 180 cm³/mol. The average Bonchev–Trinajstić information content (AvgIpc) is 3.38. The number of amides is 3. The maximum atomic E-state index is 15.3. The molecule has 3 aliphatic heterocycles. The third-order valence-corrected chi connectivity index (χ3v) is 8.82. The van der Waals surface area contributed by atoms with E-state index in [-0.39, 0.29) is 37.1 Å². The number of nitrogens with zero attached hydrogens (tertiary/aromatic N) is 3. The van der Waals surface area contributed by atoms with Crippen LogP contribution in [-0.4, -0.2) is 71.4 Å². The molecule has 0 unspecified atom stereocenters. The Kier molecular flexibility index (Phi) is 9.65. The highest BCUT2D eigenvalue weighted by Gasteiger charge is 2.36. The van der Waals surface area contributed by atoms with Crippen LogP contribution in [0.2, 0.25) is 0 Å². The number of methoxy groups -OCH3 is 1. The number of hydrogen-bond donors (Lipinski definition) is 2. The number of carbonyl (C=O) groups is 3. The summed E-state index contributed by atoms with van der Waals surface area (Å²) < 4.78 is 34.8. The standard InChI is InChI=1S/C37H38FN5O6/c1-5-14-43-23(3)35(22(2)41-43)37(46)42-15-13-32-31(20-42)40-36(45)29-17-25(10-12-30(29)38)24-7-6-8-27(16-24)48-21-34(44)39-19-26-9-11-28(49-32)18-33(26)47-4/h5-12,16-18,31-32H,1,13-15,19-21H2,2-4H3,(H,39,44)(H,40,45)/t31-,32+/m1/s1. The molecule has 3 amide bonds. The van der Waals surface area contributed by atoms with E-state index in [1.165, 1.54) is 19.2 Å². The number of aryl methyl sites for hydroxylation is 1. The van der Waals surface area contributed by atoms with E-state index in [4.69, 9.17) is 14.2 Å². The predicted octanol–water partition coefficient (Wildman–Crippen LogP) is 4.60. The van der Waals surface area contributed by atoms with E-state index < -0.39 is 23.9 Å². The number of halogens is 1. The van der Waals surface area contributed by atoms with Gasteiger partial charge in [0, 0.05) is 43.4 Å². The molecule has 0 aliphatic carbocycles. The molecule has 1 aromatic heterocycles. The maximum Gasteiger partial charge on any atom is 0.258 e. The van der Waals surface area contributed by atoms with Crippen molar-refractivity contribution in [1.29, 1.82) is 0 Å². The summed E-state index contributed by atoms with van der Waals surface area (Å²) >= 11 is 0. The van der Waals surface area contributed by atoms with Crippen LogP contribution in [0.15, 0.2) is 73.3 Å². The molecule has 4 aromatic rings. The number of fused-ring (bicyclic) bond motifs is 7. The van der Waals surface area contributed by atoms with E-state index in [1.54, 1.807) is 71.1 Å². The molecule has 49 heavy (non-hydrogen) atoms. The number of ether oxygens (including phenoxy) is 3. The van der Waals surface area contributed by atoms with Gasteiger partial charge in [-0.05, 0) is 61.4 Å². The summed E-state index contributed by atoms with van der Waals surface area (Å²) in [5.41, 5.74) is 3.63. The van der Waals surface area contributed by atoms with E-state index >= 15 is 4.39 Å². The Hall–Kier alpha value is -5.65. The van der Waals surface area contributed by atoms with Gasteiger partial charge in [-0.1, -0.05) is 24.3 Å². The minimum Gasteiger partial charge on any atom is -0.496 e. The number of likely N-dealkylation sites (tertiary alicyclic amines) is 1. The lowest BCUT2D eigenvalue weighted by Gasteiger charge is -2.39. The first-order chi connectivity index (χ1) is 23.6. The Balaban J connectivity index is 1.36. The Morgan fingerprint density at radius 3 is 2.71 bits per heavy atom. The van der Waals surface area contributed by atoms with Crippen LogP contribution >= 0.6 is 0 Å². The van der Waals surface area contributed by atoms with Gasteiger partial charge in [0.05, 0.1) is 36.5 Å². The van der Waals surface area contributed by atoms with Gasteiger partial charge in [-0.3, -0.25) is 19.1 Å². The largest absolute Gasteiger partial charge is 0.496 e. The molecule has 0 saturated carbocycles. The van der Waals surface area contributed by atoms with Crippen LogP contribution in [-0.2, 0) is 17.9 Å². The second-order valence-electron chi connectivity index (χ2n) is 12.1. The molecule has 7 rings (SSSR count). The van der Waals surface area contributed by atoms with Crippen molar-refractivity contribution in [2.45, 2.75) is 45.5 Å². The summed E-state index contributed by atoms with van der Waals surface area (Å²) in [7, 11) is 1.52. The van der Waals surface area contributed by atoms with Gasteiger partial charge in [0.2, 0.25) is 0 Å². The van der Waals surface area contributed by atoms with E-state index in [9.17, 15) is 14.4 Å². The van der Waals surface area contributed by atoms with Gasteiger partial charge in [0.15, 0.2) is 6.61 Å². The molecule has 3 aromatic carbocycles. The highest BCUT2D eigenvalue weighted by Crippen LogP contribution is 2.30. The lowest BCUT2D eigenvalue weighted by Crippen LogP contribution is -2.58. The first-order valence-electron chi connectivity index (χ1n) is 16.0. The van der Waals surface area contributed by atoms with Crippen molar-refractivity contribution in [3.63, 3.8) is 0 Å². The SMILES string of the molecule is C=CCn1nc(C)c(C(=O)N2CC[C@@H]3Oc4ccc(c(OC)c4)CNC(=O)COc4cccc(c4)-c4ccc(F)c(c4)C(=O)N[C@@H]3C2)c1C. The van der Waals surface area contributed by atoms with Crippen LogP contribution in [0.3, 0.4) is 0 Å². The quantitative estimate of drug-likeness (QED) is 0.305. The maximum absolute atomic E-state index is 15.3. The summed E-state index contributed by atoms with van der Waals surface area (Å²) in [5, 5.41) is 10.3. The molecule has 11 nitrogen and oxygen atoms in total. The second kappa shape index (κ2) is 14.2. The smallest absolute Gasteiger partial charge is 0.258 e. The molecule has 1 fully saturated rings. The Bertz CT molecular complexity index is 1920. The monoisotopic (exact) mass is 667 g/mol. The summed E-state index contributed by atoms with van der Waals surface area (Å²) in [4.78, 5) is 42.1. The van der Waals surface area contributed by atoms with Gasteiger partial charge >= 0.3 is 0 Å². The number of carbonyl (C=O) groups excluding carboxylic acids is 3. The van der Waals surface area contributed by atoms with E-state index in [0.29, 0.717) is 59.1 Å². The number of allylic oxidation sites excluding steroid dienone is 1.